The van der Waals surface area contributed by atoms with E-state index in [-0.39, 0.29) is 24.3 Å². The van der Waals surface area contributed by atoms with Gasteiger partial charge in [0.1, 0.15) is 0 Å². The quantitative estimate of drug-likeness (QED) is 0.526. The van der Waals surface area contributed by atoms with Crippen LogP contribution in [0.25, 0.3) is 11.6 Å². The molecule has 0 saturated heterocycles. The summed E-state index contributed by atoms with van der Waals surface area (Å²) in [5.41, 5.74) is 0. The van der Waals surface area contributed by atoms with Gasteiger partial charge in [-0.25, -0.2) is 0 Å². The van der Waals surface area contributed by atoms with E-state index in [1.807, 2.05) is 32.3 Å². The highest BCUT2D eigenvalue weighted by atomic mass is 32.2. The van der Waals surface area contributed by atoms with Gasteiger partial charge in [-0.3, -0.25) is 14.2 Å². The summed E-state index contributed by atoms with van der Waals surface area (Å²) in [5.74, 6) is 0.798. The van der Waals surface area contributed by atoms with Crippen molar-refractivity contribution in [2.24, 2.45) is 5.92 Å². The van der Waals surface area contributed by atoms with Crippen molar-refractivity contribution in [2.45, 2.75) is 45.4 Å². The maximum Gasteiger partial charge on any atom is 0.316 e. The van der Waals surface area contributed by atoms with E-state index in [4.69, 9.17) is 9.15 Å². The van der Waals surface area contributed by atoms with Gasteiger partial charge in [0.2, 0.25) is 0 Å². The van der Waals surface area contributed by atoms with Gasteiger partial charge in [-0.2, -0.15) is 0 Å². The first-order chi connectivity index (χ1) is 12.4. The van der Waals surface area contributed by atoms with E-state index >= 15 is 0 Å². The van der Waals surface area contributed by atoms with Crippen LogP contribution < -0.4 is 5.32 Å². The van der Waals surface area contributed by atoms with Crippen molar-refractivity contribution < 1.29 is 18.7 Å². The molecule has 0 aromatic carbocycles. The van der Waals surface area contributed by atoms with Crippen molar-refractivity contribution in [1.82, 2.24) is 20.1 Å². The monoisotopic (exact) mass is 380 g/mol. The molecule has 26 heavy (non-hydrogen) atoms. The topological polar surface area (TPSA) is 99.2 Å². The molecule has 0 aliphatic carbocycles. The fraction of sp³-hybridized carbons (Fsp3) is 0.529. The van der Waals surface area contributed by atoms with Crippen LogP contribution >= 0.6 is 11.8 Å². The van der Waals surface area contributed by atoms with Gasteiger partial charge < -0.3 is 14.5 Å². The number of aromatic nitrogens is 3. The molecule has 0 spiro atoms. The van der Waals surface area contributed by atoms with Crippen molar-refractivity contribution >= 4 is 23.6 Å². The Morgan fingerprint density at radius 2 is 2.12 bits per heavy atom. The van der Waals surface area contributed by atoms with Crippen LogP contribution in [0, 0.1) is 5.92 Å². The molecule has 0 aliphatic rings. The molecule has 0 radical (unpaired) electrons. The first-order valence-electron chi connectivity index (χ1n) is 8.47. The second-order valence-electron chi connectivity index (χ2n) is 6.08. The summed E-state index contributed by atoms with van der Waals surface area (Å²) in [4.78, 5) is 23.6. The number of hydrogen-bond donors (Lipinski definition) is 1. The first kappa shape index (κ1) is 20.0. The highest BCUT2D eigenvalue weighted by Gasteiger charge is 2.17. The summed E-state index contributed by atoms with van der Waals surface area (Å²) in [7, 11) is 0. The van der Waals surface area contributed by atoms with Gasteiger partial charge in [-0.1, -0.05) is 25.6 Å². The molecule has 1 atom stereocenters. The van der Waals surface area contributed by atoms with Gasteiger partial charge in [-0.05, 0) is 31.9 Å². The maximum atomic E-state index is 11.9. The van der Waals surface area contributed by atoms with Crippen LogP contribution in [0.5, 0.6) is 0 Å². The summed E-state index contributed by atoms with van der Waals surface area (Å²) >= 11 is 1.21. The minimum Gasteiger partial charge on any atom is -0.461 e. The Hall–Kier alpha value is -2.29. The standard InChI is InChI=1S/C17H24N4O4S/c1-5-21-16(13-7-6-8-24-13)19-20-17(21)26-10-15(23)25-9-14(22)18-12(4)11(2)3/h6-8,11-12H,5,9-10H2,1-4H3,(H,18,22)/t12-/m0/s1. The van der Waals surface area contributed by atoms with E-state index in [1.165, 1.54) is 11.8 Å². The SMILES string of the molecule is CCn1c(SCC(=O)OCC(=O)N[C@@H](C)C(C)C)nnc1-c1ccco1. The third-order valence-electron chi connectivity index (χ3n) is 3.85. The molecule has 0 aliphatic heterocycles. The summed E-state index contributed by atoms with van der Waals surface area (Å²) in [6.07, 6.45) is 1.57. The number of carbonyl (C=O) groups excluding carboxylic acids is 2. The van der Waals surface area contributed by atoms with Crippen LogP contribution in [0.4, 0.5) is 0 Å². The molecule has 0 bridgehead atoms. The molecular weight excluding hydrogens is 356 g/mol. The van der Waals surface area contributed by atoms with Crippen molar-refractivity contribution in [3.05, 3.63) is 18.4 Å². The Bertz CT molecular complexity index is 727. The molecule has 1 amide bonds. The molecule has 0 unspecified atom stereocenters. The van der Waals surface area contributed by atoms with E-state index in [0.717, 1.165) is 0 Å². The highest BCUT2D eigenvalue weighted by Crippen LogP contribution is 2.24. The third kappa shape index (κ3) is 5.35. The number of amides is 1. The van der Waals surface area contributed by atoms with Gasteiger partial charge >= 0.3 is 5.97 Å². The lowest BCUT2D eigenvalue weighted by Gasteiger charge is -2.17. The normalized spacial score (nSPS) is 12.2. The zero-order valence-electron chi connectivity index (χ0n) is 15.4. The number of furan rings is 1. The van der Waals surface area contributed by atoms with Gasteiger partial charge in [0.05, 0.1) is 12.0 Å². The molecule has 8 nitrogen and oxygen atoms in total. The zero-order chi connectivity index (χ0) is 19.1. The predicted molar refractivity (Wildman–Crippen MR) is 97.5 cm³/mol. The Kier molecular flexibility index (Phi) is 7.26. The van der Waals surface area contributed by atoms with Crippen LogP contribution in [0.1, 0.15) is 27.7 Å². The van der Waals surface area contributed by atoms with Crippen molar-refractivity contribution in [3.63, 3.8) is 0 Å². The van der Waals surface area contributed by atoms with Gasteiger partial charge in [0.15, 0.2) is 23.3 Å². The fourth-order valence-electron chi connectivity index (χ4n) is 2.04. The Labute approximate surface area is 156 Å². The van der Waals surface area contributed by atoms with Gasteiger partial charge in [-0.15, -0.1) is 10.2 Å². The van der Waals surface area contributed by atoms with Crippen molar-refractivity contribution in [3.8, 4) is 11.6 Å². The van der Waals surface area contributed by atoms with E-state index < -0.39 is 5.97 Å². The predicted octanol–water partition coefficient (Wildman–Crippen LogP) is 2.35. The molecular formula is C17H24N4O4S. The van der Waals surface area contributed by atoms with Crippen LogP contribution in [0.3, 0.4) is 0 Å². The third-order valence-corrected chi connectivity index (χ3v) is 4.79. The number of nitrogens with one attached hydrogen (secondary N) is 1. The fourth-order valence-corrected chi connectivity index (χ4v) is 2.84. The number of nitrogens with zero attached hydrogens (tertiary/aromatic N) is 3. The number of hydrogen-bond acceptors (Lipinski definition) is 7. The maximum absolute atomic E-state index is 11.9. The lowest BCUT2D eigenvalue weighted by atomic mass is 10.1. The minimum atomic E-state index is -0.479. The molecule has 142 valence electrons. The van der Waals surface area contributed by atoms with Gasteiger partial charge in [0, 0.05) is 12.6 Å². The molecule has 0 saturated carbocycles. The van der Waals surface area contributed by atoms with E-state index in [2.05, 4.69) is 15.5 Å². The lowest BCUT2D eigenvalue weighted by molar-refractivity contribution is -0.146. The molecule has 0 fully saturated rings. The van der Waals surface area contributed by atoms with Crippen LogP contribution in [0.2, 0.25) is 0 Å². The lowest BCUT2D eigenvalue weighted by Crippen LogP contribution is -2.38. The highest BCUT2D eigenvalue weighted by molar-refractivity contribution is 7.99. The van der Waals surface area contributed by atoms with Gasteiger partial charge in [0.25, 0.3) is 5.91 Å². The smallest absolute Gasteiger partial charge is 0.316 e. The largest absolute Gasteiger partial charge is 0.461 e. The number of esters is 1. The summed E-state index contributed by atoms with van der Waals surface area (Å²) in [5, 5.41) is 11.6. The second kappa shape index (κ2) is 9.42. The van der Waals surface area contributed by atoms with E-state index in [9.17, 15) is 9.59 Å². The number of carbonyl (C=O) groups is 2. The number of rotatable bonds is 9. The summed E-state index contributed by atoms with van der Waals surface area (Å²) < 4.78 is 12.2. The number of ether oxygens (including phenoxy) is 1. The second-order valence-corrected chi connectivity index (χ2v) is 7.02. The van der Waals surface area contributed by atoms with Crippen molar-refractivity contribution in [1.29, 1.82) is 0 Å². The Morgan fingerprint density at radius 3 is 2.73 bits per heavy atom. The summed E-state index contributed by atoms with van der Waals surface area (Å²) in [6.45, 7) is 8.24. The van der Waals surface area contributed by atoms with Crippen molar-refractivity contribution in [2.75, 3.05) is 12.4 Å². The zero-order valence-corrected chi connectivity index (χ0v) is 16.2. The van der Waals surface area contributed by atoms with E-state index in [1.54, 1.807) is 18.4 Å². The molecule has 2 rings (SSSR count). The van der Waals surface area contributed by atoms with Crippen LogP contribution in [-0.2, 0) is 20.9 Å². The van der Waals surface area contributed by atoms with Crippen LogP contribution in [-0.4, -0.2) is 45.0 Å². The molecule has 2 aromatic heterocycles. The summed E-state index contributed by atoms with van der Waals surface area (Å²) in [6, 6.07) is 3.60. The Morgan fingerprint density at radius 1 is 1.35 bits per heavy atom. The number of thioether (sulfide) groups is 1. The van der Waals surface area contributed by atoms with E-state index in [0.29, 0.717) is 29.2 Å². The molecule has 9 heteroatoms. The average Bonchev–Trinajstić information content (AvgIpc) is 3.26. The molecule has 2 heterocycles. The molecule has 1 N–H and O–H groups in total. The first-order valence-corrected chi connectivity index (χ1v) is 9.45. The minimum absolute atomic E-state index is 0.0266. The van der Waals surface area contributed by atoms with Crippen LogP contribution in [0.15, 0.2) is 28.0 Å². The molecule has 2 aromatic rings. The Balaban J connectivity index is 1.83. The average molecular weight is 380 g/mol.